The third-order valence-electron chi connectivity index (χ3n) is 6.32. The van der Waals surface area contributed by atoms with E-state index in [1.165, 1.54) is 12.0 Å². The molecule has 2 aliphatic rings. The summed E-state index contributed by atoms with van der Waals surface area (Å²) in [5, 5.41) is 9.83. The third-order valence-corrected chi connectivity index (χ3v) is 6.32. The van der Waals surface area contributed by atoms with Gasteiger partial charge in [0, 0.05) is 49.7 Å². The molecule has 1 saturated heterocycles. The van der Waals surface area contributed by atoms with Crippen LogP contribution in [0.25, 0.3) is 0 Å². The lowest BCUT2D eigenvalue weighted by Crippen LogP contribution is -2.53. The Balaban J connectivity index is 1.64. The molecule has 2 aliphatic heterocycles. The number of piperidine rings is 1. The number of likely N-dealkylation sites (tertiary alicyclic amines) is 1. The van der Waals surface area contributed by atoms with E-state index in [0.29, 0.717) is 13.0 Å². The number of aliphatic imine (C=N–C) groups is 1. The van der Waals surface area contributed by atoms with Gasteiger partial charge in [-0.05, 0) is 50.7 Å². The highest BCUT2D eigenvalue weighted by molar-refractivity contribution is 5.94. The number of hydrogen-bond acceptors (Lipinski definition) is 3. The van der Waals surface area contributed by atoms with Gasteiger partial charge in [-0.25, -0.2) is 0 Å². The van der Waals surface area contributed by atoms with Gasteiger partial charge in [-0.1, -0.05) is 32.0 Å². The van der Waals surface area contributed by atoms with Gasteiger partial charge in [-0.2, -0.15) is 0 Å². The molecule has 3 N–H and O–H groups in total. The van der Waals surface area contributed by atoms with Gasteiger partial charge < -0.3 is 16.0 Å². The molecule has 1 aromatic rings. The fourth-order valence-electron chi connectivity index (χ4n) is 4.78. The highest BCUT2D eigenvalue weighted by atomic mass is 16.1. The van der Waals surface area contributed by atoms with Gasteiger partial charge in [0.05, 0.1) is 6.54 Å². The van der Waals surface area contributed by atoms with Gasteiger partial charge in [-0.3, -0.25) is 14.7 Å². The lowest BCUT2D eigenvalue weighted by Gasteiger charge is -2.44. The van der Waals surface area contributed by atoms with Crippen LogP contribution in [0.3, 0.4) is 0 Å². The van der Waals surface area contributed by atoms with Crippen molar-refractivity contribution in [1.82, 2.24) is 15.5 Å². The second-order valence-electron chi connectivity index (χ2n) is 9.78. The number of carbonyl (C=O) groups is 1. The third kappa shape index (κ3) is 5.75. The van der Waals surface area contributed by atoms with Crippen molar-refractivity contribution in [2.45, 2.75) is 58.9 Å². The SMILES string of the molecule is CCNC(=NCC(C)(C)N1CC(C)CC(C)C1)NCC1CC(=O)Nc2ccccc21. The zero-order valence-electron chi connectivity index (χ0n) is 19.3. The molecule has 3 atom stereocenters. The summed E-state index contributed by atoms with van der Waals surface area (Å²) >= 11 is 0. The van der Waals surface area contributed by atoms with Gasteiger partial charge in [0.2, 0.25) is 5.91 Å². The Hall–Kier alpha value is -2.08. The number of anilines is 1. The van der Waals surface area contributed by atoms with Crippen LogP contribution in [0.1, 0.15) is 58.9 Å². The summed E-state index contributed by atoms with van der Waals surface area (Å²) in [7, 11) is 0. The smallest absolute Gasteiger partial charge is 0.225 e. The molecule has 0 saturated carbocycles. The molecule has 0 bridgehead atoms. The first-order valence-electron chi connectivity index (χ1n) is 11.4. The van der Waals surface area contributed by atoms with Gasteiger partial charge in [-0.15, -0.1) is 0 Å². The van der Waals surface area contributed by atoms with E-state index in [-0.39, 0.29) is 17.4 Å². The highest BCUT2D eigenvalue weighted by Gasteiger charge is 2.32. The number of para-hydroxylation sites is 1. The molecule has 2 heterocycles. The van der Waals surface area contributed by atoms with Crippen molar-refractivity contribution in [2.24, 2.45) is 16.8 Å². The summed E-state index contributed by atoms with van der Waals surface area (Å²) in [6, 6.07) is 8.07. The van der Waals surface area contributed by atoms with Crippen LogP contribution in [0.15, 0.2) is 29.3 Å². The Bertz CT molecular complexity index is 750. The Morgan fingerprint density at radius 1 is 1.20 bits per heavy atom. The van der Waals surface area contributed by atoms with E-state index < -0.39 is 0 Å². The molecule has 0 spiro atoms. The number of carbonyl (C=O) groups excluding carboxylic acids is 1. The molecule has 0 aromatic heterocycles. The van der Waals surface area contributed by atoms with E-state index in [0.717, 1.165) is 49.7 Å². The number of hydrogen-bond donors (Lipinski definition) is 3. The number of fused-ring (bicyclic) bond motifs is 1. The number of nitrogens with one attached hydrogen (secondary N) is 3. The average Bonchev–Trinajstić information content (AvgIpc) is 2.69. The van der Waals surface area contributed by atoms with E-state index in [1.54, 1.807) is 0 Å². The maximum Gasteiger partial charge on any atom is 0.225 e. The predicted molar refractivity (Wildman–Crippen MR) is 125 cm³/mol. The first-order valence-corrected chi connectivity index (χ1v) is 11.4. The predicted octanol–water partition coefficient (Wildman–Crippen LogP) is 3.42. The van der Waals surface area contributed by atoms with Gasteiger partial charge in [0.25, 0.3) is 0 Å². The van der Waals surface area contributed by atoms with Gasteiger partial charge >= 0.3 is 0 Å². The molecular weight excluding hydrogens is 374 g/mol. The monoisotopic (exact) mass is 413 g/mol. The van der Waals surface area contributed by atoms with E-state index in [9.17, 15) is 4.79 Å². The average molecular weight is 414 g/mol. The van der Waals surface area contributed by atoms with Crippen LogP contribution >= 0.6 is 0 Å². The summed E-state index contributed by atoms with van der Waals surface area (Å²) in [4.78, 5) is 19.6. The van der Waals surface area contributed by atoms with E-state index in [4.69, 9.17) is 4.99 Å². The Morgan fingerprint density at radius 3 is 2.60 bits per heavy atom. The largest absolute Gasteiger partial charge is 0.357 e. The fourth-order valence-corrected chi connectivity index (χ4v) is 4.78. The van der Waals surface area contributed by atoms with Crippen molar-refractivity contribution in [1.29, 1.82) is 0 Å². The maximum atomic E-state index is 12.1. The first-order chi connectivity index (χ1) is 14.3. The van der Waals surface area contributed by atoms with E-state index >= 15 is 0 Å². The standard InChI is InChI=1S/C24H39N5O/c1-6-25-23(27-16-24(4,5)29-14-17(2)11-18(3)15-29)26-13-19-12-22(30)28-21-10-8-7-9-20(19)21/h7-10,17-19H,6,11-16H2,1-5H3,(H,28,30)(H2,25,26,27). The van der Waals surface area contributed by atoms with Crippen LogP contribution < -0.4 is 16.0 Å². The molecule has 3 rings (SSSR count). The molecule has 3 unspecified atom stereocenters. The van der Waals surface area contributed by atoms with Crippen LogP contribution in [0.4, 0.5) is 5.69 Å². The Labute approximate surface area is 181 Å². The van der Waals surface area contributed by atoms with Crippen molar-refractivity contribution >= 4 is 17.6 Å². The molecule has 1 fully saturated rings. The van der Waals surface area contributed by atoms with Crippen LogP contribution in [0, 0.1) is 11.8 Å². The number of amides is 1. The maximum absolute atomic E-state index is 12.1. The molecule has 166 valence electrons. The minimum absolute atomic E-state index is 0.0165. The van der Waals surface area contributed by atoms with Gasteiger partial charge in [0.15, 0.2) is 5.96 Å². The van der Waals surface area contributed by atoms with Crippen molar-refractivity contribution in [3.63, 3.8) is 0 Å². The van der Waals surface area contributed by atoms with Crippen LogP contribution in [0.5, 0.6) is 0 Å². The summed E-state index contributed by atoms with van der Waals surface area (Å²) in [6.45, 7) is 15.9. The number of rotatable bonds is 6. The quantitative estimate of drug-likeness (QED) is 0.494. The zero-order valence-corrected chi connectivity index (χ0v) is 19.3. The second kappa shape index (κ2) is 9.82. The fraction of sp³-hybridized carbons (Fsp3) is 0.667. The van der Waals surface area contributed by atoms with Crippen LogP contribution in [-0.2, 0) is 4.79 Å². The summed E-state index contributed by atoms with van der Waals surface area (Å²) in [5.74, 6) is 2.53. The molecule has 6 nitrogen and oxygen atoms in total. The molecule has 1 amide bonds. The van der Waals surface area contributed by atoms with Crippen LogP contribution in [-0.4, -0.2) is 55.0 Å². The molecule has 30 heavy (non-hydrogen) atoms. The summed E-state index contributed by atoms with van der Waals surface area (Å²) in [5.41, 5.74) is 2.14. The number of nitrogens with zero attached hydrogens (tertiary/aromatic N) is 2. The topological polar surface area (TPSA) is 68.8 Å². The molecular formula is C24H39N5O. The molecule has 1 aromatic carbocycles. The number of guanidine groups is 1. The summed E-state index contributed by atoms with van der Waals surface area (Å²) < 4.78 is 0. The number of benzene rings is 1. The zero-order chi connectivity index (χ0) is 21.7. The van der Waals surface area contributed by atoms with E-state index in [2.05, 4.69) is 61.5 Å². The Morgan fingerprint density at radius 2 is 1.90 bits per heavy atom. The molecule has 0 radical (unpaired) electrons. The summed E-state index contributed by atoms with van der Waals surface area (Å²) in [6.07, 6.45) is 1.81. The van der Waals surface area contributed by atoms with Crippen molar-refractivity contribution in [3.05, 3.63) is 29.8 Å². The highest BCUT2D eigenvalue weighted by Crippen LogP contribution is 2.31. The van der Waals surface area contributed by atoms with E-state index in [1.807, 2.05) is 18.2 Å². The van der Waals surface area contributed by atoms with Crippen LogP contribution in [0.2, 0.25) is 0 Å². The van der Waals surface area contributed by atoms with Gasteiger partial charge in [0.1, 0.15) is 0 Å². The van der Waals surface area contributed by atoms with Crippen molar-refractivity contribution in [2.75, 3.05) is 38.0 Å². The second-order valence-corrected chi connectivity index (χ2v) is 9.78. The lowest BCUT2D eigenvalue weighted by molar-refractivity contribution is -0.116. The van der Waals surface area contributed by atoms with Crippen molar-refractivity contribution in [3.8, 4) is 0 Å². The van der Waals surface area contributed by atoms with Crippen molar-refractivity contribution < 1.29 is 4.79 Å². The normalized spacial score (nSPS) is 25.4. The minimum atomic E-state index is 0.0165. The molecule has 0 aliphatic carbocycles. The molecule has 6 heteroatoms. The minimum Gasteiger partial charge on any atom is -0.357 e. The lowest BCUT2D eigenvalue weighted by atomic mass is 9.88. The first kappa shape index (κ1) is 22.6. The Kier molecular flexibility index (Phi) is 7.40.